The Morgan fingerprint density at radius 2 is 2.03 bits per heavy atom. The molecule has 0 bridgehead atoms. The largest absolute Gasteiger partial charge is 0.487 e. The Balaban J connectivity index is 1.52. The monoisotopic (exact) mass is 484 g/mol. The third-order valence-electron chi connectivity index (χ3n) is 5.61. The van der Waals surface area contributed by atoms with Gasteiger partial charge in [0.1, 0.15) is 17.7 Å². The zero-order chi connectivity index (χ0) is 23.9. The molecule has 0 fully saturated rings. The van der Waals surface area contributed by atoms with Crippen molar-refractivity contribution >= 4 is 34.2 Å². The number of aliphatic hydroxyl groups excluding tert-OH is 1. The van der Waals surface area contributed by atoms with Crippen molar-refractivity contribution in [3.8, 4) is 16.9 Å². The number of ether oxygens (including phenoxy) is 1. The number of nitrogens with zero attached hydrogens (tertiary/aromatic N) is 3. The minimum atomic E-state index is -3.82. The van der Waals surface area contributed by atoms with E-state index in [1.165, 1.54) is 24.3 Å². The van der Waals surface area contributed by atoms with Crippen LogP contribution >= 0.6 is 11.6 Å². The van der Waals surface area contributed by atoms with Crippen LogP contribution in [0.3, 0.4) is 0 Å². The summed E-state index contributed by atoms with van der Waals surface area (Å²) in [7, 11) is 0. The lowest BCUT2D eigenvalue weighted by atomic mass is 10.0. The molecule has 5 rings (SSSR count). The van der Waals surface area contributed by atoms with E-state index in [1.54, 1.807) is 24.5 Å². The summed E-state index contributed by atoms with van der Waals surface area (Å²) >= 11 is 4.78. The van der Waals surface area contributed by atoms with Gasteiger partial charge in [-0.2, -0.15) is 0 Å². The van der Waals surface area contributed by atoms with E-state index in [2.05, 4.69) is 20.0 Å². The summed E-state index contributed by atoms with van der Waals surface area (Å²) in [5, 5.41) is 13.2. The Morgan fingerprint density at radius 3 is 2.74 bits per heavy atom. The molecular weight excluding hydrogens is 466 g/mol. The average molecular weight is 485 g/mol. The van der Waals surface area contributed by atoms with Crippen LogP contribution in [0.5, 0.6) is 5.75 Å². The number of rotatable bonds is 5. The van der Waals surface area contributed by atoms with E-state index in [-0.39, 0.29) is 5.75 Å². The second-order valence-corrected chi connectivity index (χ2v) is 8.38. The predicted molar refractivity (Wildman–Crippen MR) is 123 cm³/mol. The minimum Gasteiger partial charge on any atom is -0.420 e. The molecule has 0 spiro atoms. The van der Waals surface area contributed by atoms with Crippen LogP contribution in [0.4, 0.5) is 14.5 Å². The smallest absolute Gasteiger partial charge is 0.420 e. The number of alkyl halides is 3. The van der Waals surface area contributed by atoms with Crippen LogP contribution < -0.4 is 10.1 Å². The molecule has 2 N–H and O–H groups in total. The van der Waals surface area contributed by atoms with Crippen LogP contribution in [0.15, 0.2) is 60.9 Å². The molecular formula is C24H19ClF2N4O3. The number of hydrogen-bond acceptors (Lipinski definition) is 5. The van der Waals surface area contributed by atoms with Crippen molar-refractivity contribution in [1.29, 1.82) is 0 Å². The highest BCUT2D eigenvalue weighted by atomic mass is 35.5. The first-order valence-electron chi connectivity index (χ1n) is 10.6. The summed E-state index contributed by atoms with van der Waals surface area (Å²) in [6.07, 6.45) is 4.17. The first-order chi connectivity index (χ1) is 16.3. The van der Waals surface area contributed by atoms with E-state index >= 15 is 0 Å². The summed E-state index contributed by atoms with van der Waals surface area (Å²) in [6, 6.07) is 12.6. The number of aryl methyl sites for hydroxylation is 1. The van der Waals surface area contributed by atoms with Crippen LogP contribution in [-0.2, 0) is 6.54 Å². The Bertz CT molecular complexity index is 1350. The molecule has 3 heterocycles. The Kier molecular flexibility index (Phi) is 5.66. The van der Waals surface area contributed by atoms with Crippen molar-refractivity contribution in [3.63, 3.8) is 0 Å². The Morgan fingerprint density at radius 1 is 1.24 bits per heavy atom. The summed E-state index contributed by atoms with van der Waals surface area (Å²) < 4.78 is 31.9. The standard InChI is InChI=1S/C24H19ClF2N4O3/c25-24(26,27)34-17-7-5-16(6-8-17)29-23(33)15-11-18(14-3-1-9-28-13-14)21-19(12-15)30-22-20(32)4-2-10-31(21)22/h1,3,5-9,11-13,20,32H,2,4,10H2,(H,29,33)/t20-/m1/s1. The molecule has 34 heavy (non-hydrogen) atoms. The number of halogens is 3. The van der Waals surface area contributed by atoms with Crippen molar-refractivity contribution in [2.45, 2.75) is 31.1 Å². The molecule has 174 valence electrons. The number of aliphatic hydroxyl groups is 1. The second kappa shape index (κ2) is 8.66. The van der Waals surface area contributed by atoms with Gasteiger partial charge in [-0.25, -0.2) is 4.98 Å². The van der Waals surface area contributed by atoms with Crippen molar-refractivity contribution in [2.75, 3.05) is 5.32 Å². The number of imidazole rings is 1. The fourth-order valence-electron chi connectivity index (χ4n) is 4.16. The molecule has 4 aromatic rings. The number of carbonyl (C=O) groups excluding carboxylic acids is 1. The van der Waals surface area contributed by atoms with E-state index in [1.807, 2.05) is 16.7 Å². The quantitative estimate of drug-likeness (QED) is 0.373. The third-order valence-corrected chi connectivity index (χ3v) is 5.69. The molecule has 0 saturated heterocycles. The zero-order valence-electron chi connectivity index (χ0n) is 17.7. The summed E-state index contributed by atoms with van der Waals surface area (Å²) in [4.78, 5) is 21.9. The van der Waals surface area contributed by atoms with Crippen LogP contribution in [0.1, 0.15) is 35.1 Å². The number of anilines is 1. The fourth-order valence-corrected chi connectivity index (χ4v) is 4.24. The molecule has 0 unspecified atom stereocenters. The molecule has 0 aliphatic carbocycles. The minimum absolute atomic E-state index is 0.138. The van der Waals surface area contributed by atoms with Gasteiger partial charge in [-0.15, -0.1) is 8.78 Å². The molecule has 1 atom stereocenters. The summed E-state index contributed by atoms with van der Waals surface area (Å²) in [5.41, 5.74) is -0.0654. The number of pyridine rings is 1. The maximum absolute atomic E-state index is 13.1. The van der Waals surface area contributed by atoms with Gasteiger partial charge in [0, 0.05) is 52.9 Å². The van der Waals surface area contributed by atoms with Gasteiger partial charge < -0.3 is 19.7 Å². The molecule has 2 aromatic heterocycles. The lowest BCUT2D eigenvalue weighted by Crippen LogP contribution is -2.16. The van der Waals surface area contributed by atoms with E-state index in [0.717, 1.165) is 29.6 Å². The third kappa shape index (κ3) is 4.44. The number of carbonyl (C=O) groups is 1. The molecule has 1 aliphatic heterocycles. The van der Waals surface area contributed by atoms with Gasteiger partial charge >= 0.3 is 5.57 Å². The van der Waals surface area contributed by atoms with Crippen molar-refractivity contribution in [2.24, 2.45) is 0 Å². The summed E-state index contributed by atoms with van der Waals surface area (Å²) in [6.45, 7) is 0.720. The SMILES string of the molecule is O=C(Nc1ccc(OC(F)(F)Cl)cc1)c1cc(-c2cccnc2)c2c(c1)nc1n2CCC[C@H]1O. The first-order valence-corrected chi connectivity index (χ1v) is 11.0. The second-order valence-electron chi connectivity index (χ2n) is 7.94. The van der Waals surface area contributed by atoms with Gasteiger partial charge in [0.25, 0.3) is 5.91 Å². The van der Waals surface area contributed by atoms with Gasteiger partial charge in [-0.1, -0.05) is 6.07 Å². The van der Waals surface area contributed by atoms with Crippen LogP contribution in [-0.4, -0.2) is 31.1 Å². The average Bonchev–Trinajstić information content (AvgIpc) is 3.19. The van der Waals surface area contributed by atoms with Gasteiger partial charge in [0.05, 0.1) is 11.0 Å². The van der Waals surface area contributed by atoms with Crippen molar-refractivity contribution < 1.29 is 23.4 Å². The topological polar surface area (TPSA) is 89.3 Å². The van der Waals surface area contributed by atoms with Crippen molar-refractivity contribution in [3.05, 3.63) is 72.3 Å². The van der Waals surface area contributed by atoms with E-state index in [4.69, 9.17) is 11.6 Å². The van der Waals surface area contributed by atoms with Crippen LogP contribution in [0.25, 0.3) is 22.2 Å². The Hall–Kier alpha value is -3.56. The van der Waals surface area contributed by atoms with E-state index < -0.39 is 17.6 Å². The Labute approximate surface area is 198 Å². The van der Waals surface area contributed by atoms with Gasteiger partial charge in [0.2, 0.25) is 0 Å². The van der Waals surface area contributed by atoms with Crippen molar-refractivity contribution in [1.82, 2.24) is 14.5 Å². The summed E-state index contributed by atoms with van der Waals surface area (Å²) in [5.74, 6) is 0.0333. The molecule has 10 heteroatoms. The molecule has 0 saturated carbocycles. The number of hydrogen-bond donors (Lipinski definition) is 2. The number of amides is 1. The fraction of sp³-hybridized carbons (Fsp3) is 0.208. The highest BCUT2D eigenvalue weighted by molar-refractivity contribution is 6.20. The highest BCUT2D eigenvalue weighted by Gasteiger charge is 2.28. The number of aromatic nitrogens is 3. The number of nitrogens with one attached hydrogen (secondary N) is 1. The lowest BCUT2D eigenvalue weighted by molar-refractivity contribution is -0.0964. The van der Waals surface area contributed by atoms with Gasteiger partial charge in [-0.3, -0.25) is 9.78 Å². The lowest BCUT2D eigenvalue weighted by Gasteiger charge is -2.20. The zero-order valence-corrected chi connectivity index (χ0v) is 18.5. The first kappa shape index (κ1) is 22.2. The molecule has 2 aromatic carbocycles. The maximum atomic E-state index is 13.1. The molecule has 1 aliphatic rings. The predicted octanol–water partition coefficient (Wildman–Crippen LogP) is 5.35. The molecule has 0 radical (unpaired) electrons. The van der Waals surface area contributed by atoms with Gasteiger partial charge in [0.15, 0.2) is 0 Å². The van der Waals surface area contributed by atoms with Gasteiger partial charge in [-0.05, 0) is 55.3 Å². The number of fused-ring (bicyclic) bond motifs is 3. The van der Waals surface area contributed by atoms with Crippen LogP contribution in [0.2, 0.25) is 0 Å². The maximum Gasteiger partial charge on any atom is 0.487 e. The van der Waals surface area contributed by atoms with Crippen LogP contribution in [0, 0.1) is 0 Å². The normalized spacial score (nSPS) is 15.7. The van der Waals surface area contributed by atoms with E-state index in [9.17, 15) is 18.7 Å². The molecule has 1 amide bonds. The van der Waals surface area contributed by atoms with E-state index in [0.29, 0.717) is 29.0 Å². The number of benzene rings is 2. The highest BCUT2D eigenvalue weighted by Crippen LogP contribution is 2.35. The molecule has 7 nitrogen and oxygen atoms in total.